The van der Waals surface area contributed by atoms with Crippen LogP contribution in [-0.2, 0) is 9.84 Å². The molecule has 0 saturated heterocycles. The highest BCUT2D eigenvalue weighted by Gasteiger charge is 2.28. The molecule has 1 heterocycles. The van der Waals surface area contributed by atoms with Gasteiger partial charge in [0.1, 0.15) is 0 Å². The molecule has 2 aromatic carbocycles. The Labute approximate surface area is 160 Å². The maximum Gasteiger partial charge on any atom is 0.233 e. The van der Waals surface area contributed by atoms with Gasteiger partial charge in [-0.25, -0.2) is 8.42 Å². The van der Waals surface area contributed by atoms with Crippen molar-refractivity contribution in [2.24, 2.45) is 5.92 Å². The van der Waals surface area contributed by atoms with E-state index < -0.39 is 9.84 Å². The second-order valence-corrected chi connectivity index (χ2v) is 8.81. The minimum absolute atomic E-state index is 0.0750. The molecule has 0 bridgehead atoms. The first-order valence-corrected chi connectivity index (χ1v) is 10.5. The van der Waals surface area contributed by atoms with Crippen LogP contribution in [0.2, 0.25) is 0 Å². The molecule has 3 aromatic rings. The molecule has 0 fully saturated rings. The predicted molar refractivity (Wildman–Crippen MR) is 107 cm³/mol. The molecule has 0 radical (unpaired) electrons. The molecule has 0 atom stereocenters. The van der Waals surface area contributed by atoms with Crippen LogP contribution in [-0.4, -0.2) is 19.9 Å². The molecule has 27 heavy (non-hydrogen) atoms. The number of rotatable bonds is 7. The molecule has 0 aliphatic rings. The van der Waals surface area contributed by atoms with Crippen LogP contribution in [0.4, 0.5) is 5.88 Å². The summed E-state index contributed by atoms with van der Waals surface area (Å²) in [7, 11) is -3.79. The Bertz CT molecular complexity index is 992. The van der Waals surface area contributed by atoms with E-state index >= 15 is 0 Å². The molecular formula is C21H24N2O3S. The van der Waals surface area contributed by atoms with Gasteiger partial charge in [-0.15, -0.1) is 0 Å². The summed E-state index contributed by atoms with van der Waals surface area (Å²) in [6, 6.07) is 16.0. The van der Waals surface area contributed by atoms with E-state index in [1.165, 1.54) is 0 Å². The number of hydrogen-bond acceptors (Lipinski definition) is 5. The summed E-state index contributed by atoms with van der Waals surface area (Å²) in [4.78, 5) is 4.53. The van der Waals surface area contributed by atoms with Gasteiger partial charge >= 0.3 is 0 Å². The lowest BCUT2D eigenvalue weighted by Crippen LogP contribution is -2.09. The highest BCUT2D eigenvalue weighted by molar-refractivity contribution is 7.91. The number of nitrogens with zero attached hydrogens (tertiary/aromatic N) is 1. The molecule has 1 N–H and O–H groups in total. The third kappa shape index (κ3) is 4.39. The molecule has 142 valence electrons. The Morgan fingerprint density at radius 1 is 1.04 bits per heavy atom. The first-order chi connectivity index (χ1) is 12.9. The average molecular weight is 385 g/mol. The fourth-order valence-electron chi connectivity index (χ4n) is 2.61. The number of oxazole rings is 1. The van der Waals surface area contributed by atoms with Gasteiger partial charge in [-0.05, 0) is 43.5 Å². The molecule has 6 heteroatoms. The predicted octanol–water partition coefficient (Wildman–Crippen LogP) is 4.94. The smallest absolute Gasteiger partial charge is 0.233 e. The Kier molecular flexibility index (Phi) is 5.65. The Morgan fingerprint density at radius 3 is 2.33 bits per heavy atom. The quantitative estimate of drug-likeness (QED) is 0.624. The van der Waals surface area contributed by atoms with Gasteiger partial charge in [0.2, 0.25) is 26.6 Å². The van der Waals surface area contributed by atoms with Crippen molar-refractivity contribution in [2.75, 3.05) is 11.9 Å². The van der Waals surface area contributed by atoms with Crippen LogP contribution in [0.5, 0.6) is 0 Å². The average Bonchev–Trinajstić information content (AvgIpc) is 3.07. The molecule has 1 aromatic heterocycles. The molecule has 0 unspecified atom stereocenters. The highest BCUT2D eigenvalue weighted by atomic mass is 32.2. The number of hydrogen-bond donors (Lipinski definition) is 1. The van der Waals surface area contributed by atoms with Gasteiger partial charge in [0, 0.05) is 12.1 Å². The second-order valence-electron chi connectivity index (χ2n) is 6.95. The van der Waals surface area contributed by atoms with Gasteiger partial charge in [-0.1, -0.05) is 49.7 Å². The first-order valence-electron chi connectivity index (χ1n) is 9.00. The van der Waals surface area contributed by atoms with E-state index in [0.717, 1.165) is 17.5 Å². The maximum absolute atomic E-state index is 13.1. The molecule has 0 aliphatic carbocycles. The minimum atomic E-state index is -3.79. The number of aryl methyl sites for hydroxylation is 1. The number of aromatic nitrogens is 1. The van der Waals surface area contributed by atoms with E-state index in [1.807, 2.05) is 37.3 Å². The molecule has 0 spiro atoms. The Morgan fingerprint density at radius 2 is 1.70 bits per heavy atom. The first kappa shape index (κ1) is 19.2. The molecule has 5 nitrogen and oxygen atoms in total. The highest BCUT2D eigenvalue weighted by Crippen LogP contribution is 2.32. The lowest BCUT2D eigenvalue weighted by molar-refractivity contribution is 0.562. The molecule has 0 saturated carbocycles. The molecule has 3 rings (SSSR count). The fourth-order valence-corrected chi connectivity index (χ4v) is 3.89. The summed E-state index contributed by atoms with van der Waals surface area (Å²) < 4.78 is 32.1. The second kappa shape index (κ2) is 7.96. The van der Waals surface area contributed by atoms with E-state index in [0.29, 0.717) is 12.5 Å². The van der Waals surface area contributed by atoms with Crippen molar-refractivity contribution in [1.29, 1.82) is 0 Å². The number of sulfone groups is 1. The van der Waals surface area contributed by atoms with E-state index in [2.05, 4.69) is 24.1 Å². The van der Waals surface area contributed by atoms with Crippen molar-refractivity contribution < 1.29 is 12.8 Å². The van der Waals surface area contributed by atoms with Crippen LogP contribution in [0.1, 0.15) is 25.8 Å². The number of nitrogens with one attached hydrogen (secondary N) is 1. The topological polar surface area (TPSA) is 72.2 Å². The van der Waals surface area contributed by atoms with Crippen LogP contribution >= 0.6 is 0 Å². The number of anilines is 1. The van der Waals surface area contributed by atoms with Gasteiger partial charge in [0.15, 0.2) is 0 Å². The van der Waals surface area contributed by atoms with E-state index in [4.69, 9.17) is 4.42 Å². The van der Waals surface area contributed by atoms with Crippen molar-refractivity contribution in [3.8, 4) is 11.5 Å². The summed E-state index contributed by atoms with van der Waals surface area (Å²) in [5.41, 5.74) is 1.73. The van der Waals surface area contributed by atoms with Crippen molar-refractivity contribution >= 4 is 15.7 Å². The zero-order valence-corrected chi connectivity index (χ0v) is 16.6. The third-order valence-electron chi connectivity index (χ3n) is 4.21. The normalized spacial score (nSPS) is 11.7. The van der Waals surface area contributed by atoms with Crippen LogP contribution < -0.4 is 5.32 Å². The molecule has 0 amide bonds. The van der Waals surface area contributed by atoms with E-state index in [-0.39, 0.29) is 21.7 Å². The largest absolute Gasteiger partial charge is 0.419 e. The summed E-state index contributed by atoms with van der Waals surface area (Å²) >= 11 is 0. The van der Waals surface area contributed by atoms with Crippen molar-refractivity contribution in [3.63, 3.8) is 0 Å². The van der Waals surface area contributed by atoms with Crippen LogP contribution in [0, 0.1) is 12.8 Å². The molecular weight excluding hydrogens is 360 g/mol. The van der Waals surface area contributed by atoms with Crippen LogP contribution in [0.3, 0.4) is 0 Å². The van der Waals surface area contributed by atoms with E-state index in [9.17, 15) is 8.42 Å². The number of benzene rings is 2. The van der Waals surface area contributed by atoms with Gasteiger partial charge in [0.25, 0.3) is 0 Å². The summed E-state index contributed by atoms with van der Waals surface area (Å²) in [5.74, 6) is 0.967. The van der Waals surface area contributed by atoms with Gasteiger partial charge in [-0.3, -0.25) is 0 Å². The Hall–Kier alpha value is -2.60. The molecule has 0 aliphatic heterocycles. The Balaban J connectivity index is 2.03. The van der Waals surface area contributed by atoms with Crippen LogP contribution in [0.25, 0.3) is 11.5 Å². The van der Waals surface area contributed by atoms with E-state index in [1.54, 1.807) is 24.3 Å². The fraction of sp³-hybridized carbons (Fsp3) is 0.286. The monoisotopic (exact) mass is 384 g/mol. The summed E-state index contributed by atoms with van der Waals surface area (Å²) in [6.07, 6.45) is 0.894. The summed E-state index contributed by atoms with van der Waals surface area (Å²) in [6.45, 7) is 6.75. The zero-order chi connectivity index (χ0) is 19.4. The lowest BCUT2D eigenvalue weighted by atomic mass is 10.1. The minimum Gasteiger partial charge on any atom is -0.419 e. The van der Waals surface area contributed by atoms with Crippen molar-refractivity contribution in [3.05, 3.63) is 60.2 Å². The summed E-state index contributed by atoms with van der Waals surface area (Å²) in [5, 5.41) is 3.04. The van der Waals surface area contributed by atoms with Gasteiger partial charge in [0.05, 0.1) is 4.90 Å². The van der Waals surface area contributed by atoms with Crippen molar-refractivity contribution in [2.45, 2.75) is 37.1 Å². The SMILES string of the molecule is Cc1ccc(S(=O)(=O)c2nc(-c3ccccc3)oc2NCCC(C)C)cc1. The van der Waals surface area contributed by atoms with Gasteiger partial charge in [-0.2, -0.15) is 4.98 Å². The van der Waals surface area contributed by atoms with Crippen molar-refractivity contribution in [1.82, 2.24) is 4.98 Å². The third-order valence-corrected chi connectivity index (χ3v) is 5.89. The maximum atomic E-state index is 13.1. The van der Waals surface area contributed by atoms with Crippen LogP contribution in [0.15, 0.2) is 68.9 Å². The zero-order valence-electron chi connectivity index (χ0n) is 15.8. The lowest BCUT2D eigenvalue weighted by Gasteiger charge is -2.07. The van der Waals surface area contributed by atoms with Gasteiger partial charge < -0.3 is 9.73 Å². The standard InChI is InChI=1S/C21H24N2O3S/c1-15(2)13-14-22-20-21(23-19(26-20)17-7-5-4-6-8-17)27(24,25)18-11-9-16(3)10-12-18/h4-12,15,22H,13-14H2,1-3H3.